The topological polar surface area (TPSA) is 125 Å². The van der Waals surface area contributed by atoms with E-state index in [1.165, 1.54) is 0 Å². The van der Waals surface area contributed by atoms with Crippen LogP contribution in [0.4, 0.5) is 4.79 Å². The molecule has 0 heterocycles. The van der Waals surface area contributed by atoms with Crippen molar-refractivity contribution in [3.63, 3.8) is 0 Å². The lowest BCUT2D eigenvalue weighted by Crippen LogP contribution is -2.51. The number of hydrogen-bond acceptors (Lipinski definition) is 5. The standard InChI is InChI=1S/C24H24N2O6/c1-2-7-20(22(28)25-21(12-13-27)23(29)30)26-24(31)32-14-19-17-10-5-3-8-15(17)16-9-4-6-11-18(16)19/h1,3-6,8-11,19-21,27H,7,12-14H2,(H,25,28)(H,26,31)(H,29,30)/t20?,21-/m0/s1. The Morgan fingerprint density at radius 3 is 2.12 bits per heavy atom. The molecule has 3 rings (SSSR count). The molecule has 0 radical (unpaired) electrons. The van der Waals surface area contributed by atoms with Crippen molar-refractivity contribution in [2.75, 3.05) is 13.2 Å². The Hall–Kier alpha value is -3.83. The van der Waals surface area contributed by atoms with E-state index in [-0.39, 0.29) is 25.4 Å². The molecule has 0 saturated heterocycles. The van der Waals surface area contributed by atoms with Crippen molar-refractivity contribution in [2.24, 2.45) is 0 Å². The summed E-state index contributed by atoms with van der Waals surface area (Å²) in [6.07, 6.45) is 4.13. The number of amides is 2. The highest BCUT2D eigenvalue weighted by Gasteiger charge is 2.30. The number of aliphatic hydroxyl groups excluding tert-OH is 1. The highest BCUT2D eigenvalue weighted by atomic mass is 16.5. The van der Waals surface area contributed by atoms with Crippen molar-refractivity contribution in [3.05, 3.63) is 59.7 Å². The number of hydrogen-bond donors (Lipinski definition) is 4. The Bertz CT molecular complexity index is 999. The maximum absolute atomic E-state index is 12.4. The number of carboxylic acids is 1. The molecular formula is C24H24N2O6. The molecule has 0 spiro atoms. The fourth-order valence-corrected chi connectivity index (χ4v) is 3.77. The molecule has 8 heteroatoms. The molecule has 8 nitrogen and oxygen atoms in total. The number of rotatable bonds is 9. The van der Waals surface area contributed by atoms with E-state index in [0.717, 1.165) is 22.3 Å². The molecular weight excluding hydrogens is 412 g/mol. The summed E-state index contributed by atoms with van der Waals surface area (Å²) in [6.45, 7) is -0.358. The highest BCUT2D eigenvalue weighted by molar-refractivity contribution is 5.89. The van der Waals surface area contributed by atoms with Gasteiger partial charge in [0.2, 0.25) is 5.91 Å². The van der Waals surface area contributed by atoms with Gasteiger partial charge in [0.25, 0.3) is 0 Å². The molecule has 0 aliphatic heterocycles. The van der Waals surface area contributed by atoms with Crippen LogP contribution in [0.5, 0.6) is 0 Å². The third-order valence-corrected chi connectivity index (χ3v) is 5.31. The van der Waals surface area contributed by atoms with Crippen molar-refractivity contribution in [3.8, 4) is 23.5 Å². The van der Waals surface area contributed by atoms with E-state index in [4.69, 9.17) is 21.4 Å². The van der Waals surface area contributed by atoms with Gasteiger partial charge in [0.05, 0.1) is 0 Å². The maximum Gasteiger partial charge on any atom is 0.407 e. The first kappa shape index (κ1) is 22.8. The van der Waals surface area contributed by atoms with Crippen molar-refractivity contribution in [1.82, 2.24) is 10.6 Å². The highest BCUT2D eigenvalue weighted by Crippen LogP contribution is 2.44. The molecule has 166 valence electrons. The lowest BCUT2D eigenvalue weighted by molar-refractivity contribution is -0.142. The number of aliphatic carboxylic acids is 1. The van der Waals surface area contributed by atoms with Gasteiger partial charge in [-0.2, -0.15) is 0 Å². The van der Waals surface area contributed by atoms with Crippen LogP contribution in [0.25, 0.3) is 11.1 Å². The summed E-state index contributed by atoms with van der Waals surface area (Å²) in [4.78, 5) is 36.0. The smallest absolute Gasteiger partial charge is 0.407 e. The average molecular weight is 436 g/mol. The summed E-state index contributed by atoms with van der Waals surface area (Å²) in [5, 5.41) is 22.8. The average Bonchev–Trinajstić information content (AvgIpc) is 3.10. The Labute approximate surface area is 185 Å². The van der Waals surface area contributed by atoms with E-state index < -0.39 is 36.7 Å². The molecule has 0 aromatic heterocycles. The van der Waals surface area contributed by atoms with Crippen LogP contribution >= 0.6 is 0 Å². The summed E-state index contributed by atoms with van der Waals surface area (Å²) in [6, 6.07) is 13.3. The lowest BCUT2D eigenvalue weighted by atomic mass is 9.98. The van der Waals surface area contributed by atoms with Gasteiger partial charge >= 0.3 is 12.1 Å². The zero-order valence-corrected chi connectivity index (χ0v) is 17.3. The molecule has 0 fully saturated rings. The summed E-state index contributed by atoms with van der Waals surface area (Å²) in [5.41, 5.74) is 4.27. The van der Waals surface area contributed by atoms with Crippen LogP contribution in [0.1, 0.15) is 29.9 Å². The van der Waals surface area contributed by atoms with Crippen molar-refractivity contribution >= 4 is 18.0 Å². The largest absolute Gasteiger partial charge is 0.480 e. The number of terminal acetylenes is 1. The maximum atomic E-state index is 12.4. The van der Waals surface area contributed by atoms with E-state index in [9.17, 15) is 14.4 Å². The fourth-order valence-electron chi connectivity index (χ4n) is 3.77. The number of nitrogens with one attached hydrogen (secondary N) is 2. The first-order valence-corrected chi connectivity index (χ1v) is 10.1. The summed E-state index contributed by atoms with van der Waals surface area (Å²) >= 11 is 0. The van der Waals surface area contributed by atoms with E-state index >= 15 is 0 Å². The number of alkyl carbamates (subject to hydrolysis) is 1. The van der Waals surface area contributed by atoms with Crippen molar-refractivity contribution < 1.29 is 29.3 Å². The van der Waals surface area contributed by atoms with Crippen molar-refractivity contribution in [1.29, 1.82) is 0 Å². The normalized spacial score (nSPS) is 13.8. The third-order valence-electron chi connectivity index (χ3n) is 5.31. The summed E-state index contributed by atoms with van der Waals surface area (Å²) in [5.74, 6) is 0.0749. The van der Waals surface area contributed by atoms with Crippen LogP contribution in [0.2, 0.25) is 0 Å². The van der Waals surface area contributed by atoms with Gasteiger partial charge in [-0.15, -0.1) is 12.3 Å². The van der Waals surface area contributed by atoms with E-state index in [2.05, 4.69) is 16.6 Å². The van der Waals surface area contributed by atoms with Crippen LogP contribution in [0, 0.1) is 12.3 Å². The molecule has 0 saturated carbocycles. The van der Waals surface area contributed by atoms with Gasteiger partial charge in [0.15, 0.2) is 0 Å². The summed E-state index contributed by atoms with van der Waals surface area (Å²) in [7, 11) is 0. The van der Waals surface area contributed by atoms with Crippen molar-refractivity contribution in [2.45, 2.75) is 30.8 Å². The van der Waals surface area contributed by atoms with Gasteiger partial charge in [0.1, 0.15) is 18.7 Å². The molecule has 2 amide bonds. The molecule has 2 atom stereocenters. The van der Waals surface area contributed by atoms with Gasteiger partial charge in [-0.1, -0.05) is 48.5 Å². The van der Waals surface area contributed by atoms with Crippen LogP contribution < -0.4 is 10.6 Å². The van der Waals surface area contributed by atoms with Gasteiger partial charge in [-0.25, -0.2) is 9.59 Å². The van der Waals surface area contributed by atoms with Crippen LogP contribution in [-0.2, 0) is 14.3 Å². The van der Waals surface area contributed by atoms with Gasteiger partial charge in [-0.3, -0.25) is 4.79 Å². The molecule has 32 heavy (non-hydrogen) atoms. The predicted molar refractivity (Wildman–Crippen MR) is 117 cm³/mol. The molecule has 1 unspecified atom stereocenters. The Morgan fingerprint density at radius 1 is 1.00 bits per heavy atom. The Balaban J connectivity index is 1.65. The Kier molecular flexibility index (Phi) is 7.47. The number of carbonyl (C=O) groups excluding carboxylic acids is 2. The number of aliphatic hydroxyl groups is 1. The monoisotopic (exact) mass is 436 g/mol. The summed E-state index contributed by atoms with van der Waals surface area (Å²) < 4.78 is 5.41. The van der Waals surface area contributed by atoms with Crippen LogP contribution in [0.15, 0.2) is 48.5 Å². The number of carboxylic acid groups (broad SMARTS) is 1. The first-order valence-electron chi connectivity index (χ1n) is 10.1. The van der Waals surface area contributed by atoms with E-state index in [1.54, 1.807) is 0 Å². The number of fused-ring (bicyclic) bond motifs is 3. The molecule has 2 aromatic rings. The van der Waals surface area contributed by atoms with Gasteiger partial charge in [0, 0.05) is 25.4 Å². The Morgan fingerprint density at radius 2 is 1.59 bits per heavy atom. The SMILES string of the molecule is C#CCC(NC(=O)OCC1c2ccccc2-c2ccccc21)C(=O)N[C@@H](CCO)C(=O)O. The molecule has 0 bridgehead atoms. The quantitative estimate of drug-likeness (QED) is 0.445. The molecule has 1 aliphatic rings. The fraction of sp³-hybridized carbons (Fsp3) is 0.292. The lowest BCUT2D eigenvalue weighted by Gasteiger charge is -2.20. The van der Waals surface area contributed by atoms with Crippen LogP contribution in [-0.4, -0.2) is 53.5 Å². The predicted octanol–water partition coefficient (Wildman–Crippen LogP) is 1.87. The second kappa shape index (κ2) is 10.5. The van der Waals surface area contributed by atoms with E-state index in [0.29, 0.717) is 0 Å². The van der Waals surface area contributed by atoms with Crippen LogP contribution in [0.3, 0.4) is 0 Å². The minimum absolute atomic E-state index is 0.0620. The van der Waals surface area contributed by atoms with Gasteiger partial charge < -0.3 is 25.6 Å². The zero-order chi connectivity index (χ0) is 23.1. The second-order valence-corrected chi connectivity index (χ2v) is 7.34. The number of carbonyl (C=O) groups is 3. The minimum atomic E-state index is -1.30. The molecule has 2 aromatic carbocycles. The number of ether oxygens (including phenoxy) is 1. The molecule has 1 aliphatic carbocycles. The minimum Gasteiger partial charge on any atom is -0.480 e. The molecule has 4 N–H and O–H groups in total. The number of benzene rings is 2. The third kappa shape index (κ3) is 5.07. The first-order chi connectivity index (χ1) is 15.5. The van der Waals surface area contributed by atoms with E-state index in [1.807, 2.05) is 48.5 Å². The van der Waals surface area contributed by atoms with Gasteiger partial charge in [-0.05, 0) is 22.3 Å². The zero-order valence-electron chi connectivity index (χ0n) is 17.3. The second-order valence-electron chi connectivity index (χ2n) is 7.34.